The second kappa shape index (κ2) is 6.56. The van der Waals surface area contributed by atoms with Crippen molar-refractivity contribution in [1.82, 2.24) is 10.6 Å². The third-order valence-corrected chi connectivity index (χ3v) is 7.18. The molecule has 5 rings (SSSR count). The Hall–Kier alpha value is -2.89. The first-order valence-corrected chi connectivity index (χ1v) is 10.3. The molecule has 2 aliphatic heterocycles. The van der Waals surface area contributed by atoms with Crippen LogP contribution in [0.25, 0.3) is 0 Å². The third kappa shape index (κ3) is 2.59. The average Bonchev–Trinajstić information content (AvgIpc) is 3.16. The van der Waals surface area contributed by atoms with Crippen LogP contribution in [0, 0.1) is 30.1 Å². The van der Waals surface area contributed by atoms with Gasteiger partial charge in [-0.2, -0.15) is 5.26 Å². The number of allylic oxidation sites excluding steroid dienone is 1. The van der Waals surface area contributed by atoms with Crippen LogP contribution in [0.1, 0.15) is 36.3 Å². The molecule has 8 nitrogen and oxygen atoms in total. The number of rotatable bonds is 1. The Balaban J connectivity index is 1.72. The Morgan fingerprint density at radius 1 is 1.17 bits per heavy atom. The van der Waals surface area contributed by atoms with Crippen molar-refractivity contribution in [2.75, 3.05) is 13.2 Å². The van der Waals surface area contributed by atoms with Gasteiger partial charge < -0.3 is 20.5 Å². The highest BCUT2D eigenvalue weighted by molar-refractivity contribution is 6.01. The maximum absolute atomic E-state index is 12.9. The normalized spacial score (nSPS) is 34.6. The number of carbonyl (C=O) groups is 2. The van der Waals surface area contributed by atoms with Crippen molar-refractivity contribution in [3.63, 3.8) is 0 Å². The Morgan fingerprint density at radius 2 is 1.87 bits per heavy atom. The van der Waals surface area contributed by atoms with E-state index in [4.69, 9.17) is 15.2 Å². The van der Waals surface area contributed by atoms with Crippen molar-refractivity contribution in [2.24, 2.45) is 17.6 Å². The van der Waals surface area contributed by atoms with Gasteiger partial charge in [-0.25, -0.2) is 4.79 Å². The molecule has 30 heavy (non-hydrogen) atoms. The summed E-state index contributed by atoms with van der Waals surface area (Å²) in [7, 11) is 0. The standard InChI is InChI=1S/C22H24N4O4/c1-12-2-4-13(5-3-12)16-14(11-23)18(24)17-19(27)25-20(28)26-22(17)7-6-21(10-15(16)22)29-8-9-30-21/h2-5,15-17H,6-10,24H2,1H3,(H2,25,26,27,28)/t15-,16+,17-,22-/m1/s1. The smallest absolute Gasteiger partial charge is 0.321 e. The molecule has 2 saturated heterocycles. The van der Waals surface area contributed by atoms with Gasteiger partial charge in [0.25, 0.3) is 0 Å². The van der Waals surface area contributed by atoms with Crippen LogP contribution in [0.4, 0.5) is 4.79 Å². The quantitative estimate of drug-likeness (QED) is 0.647. The molecule has 1 aromatic carbocycles. The second-order valence-corrected chi connectivity index (χ2v) is 8.70. The highest BCUT2D eigenvalue weighted by Gasteiger charge is 2.65. The maximum Gasteiger partial charge on any atom is 0.321 e. The summed E-state index contributed by atoms with van der Waals surface area (Å²) < 4.78 is 12.0. The van der Waals surface area contributed by atoms with Crippen LogP contribution in [0.15, 0.2) is 35.5 Å². The monoisotopic (exact) mass is 408 g/mol. The first kappa shape index (κ1) is 19.1. The van der Waals surface area contributed by atoms with Gasteiger partial charge in [0.05, 0.1) is 30.4 Å². The van der Waals surface area contributed by atoms with Crippen LogP contribution in [0.5, 0.6) is 0 Å². The molecule has 3 fully saturated rings. The number of aryl methyl sites for hydroxylation is 1. The molecule has 1 saturated carbocycles. The molecular formula is C22H24N4O4. The summed E-state index contributed by atoms with van der Waals surface area (Å²) >= 11 is 0. The molecular weight excluding hydrogens is 384 g/mol. The summed E-state index contributed by atoms with van der Waals surface area (Å²) in [5, 5.41) is 15.4. The first-order chi connectivity index (χ1) is 14.4. The van der Waals surface area contributed by atoms with Crippen molar-refractivity contribution < 1.29 is 19.1 Å². The number of benzene rings is 1. The van der Waals surface area contributed by atoms with Crippen LogP contribution in [0.3, 0.4) is 0 Å². The lowest BCUT2D eigenvalue weighted by molar-refractivity contribution is -0.206. The van der Waals surface area contributed by atoms with Gasteiger partial charge in [-0.15, -0.1) is 0 Å². The van der Waals surface area contributed by atoms with Crippen LogP contribution in [-0.2, 0) is 14.3 Å². The summed E-state index contributed by atoms with van der Waals surface area (Å²) in [5.41, 5.74) is 8.23. The largest absolute Gasteiger partial charge is 0.400 e. The van der Waals surface area contributed by atoms with Gasteiger partial charge in [0.2, 0.25) is 5.91 Å². The van der Waals surface area contributed by atoms with Crippen molar-refractivity contribution in [3.05, 3.63) is 46.7 Å². The van der Waals surface area contributed by atoms with Crippen LogP contribution < -0.4 is 16.4 Å². The lowest BCUT2D eigenvalue weighted by Gasteiger charge is -2.58. The number of carbonyl (C=O) groups excluding carboxylic acids is 2. The minimum Gasteiger partial charge on any atom is -0.400 e. The average molecular weight is 408 g/mol. The number of nitrogens with one attached hydrogen (secondary N) is 2. The van der Waals surface area contributed by atoms with E-state index < -0.39 is 29.2 Å². The van der Waals surface area contributed by atoms with Gasteiger partial charge in [0, 0.05) is 24.5 Å². The fourth-order valence-electron chi connectivity index (χ4n) is 5.88. The van der Waals surface area contributed by atoms with Gasteiger partial charge in [0.15, 0.2) is 5.79 Å². The number of nitrogens with zero attached hydrogens (tertiary/aromatic N) is 1. The van der Waals surface area contributed by atoms with E-state index in [2.05, 4.69) is 16.7 Å². The maximum atomic E-state index is 12.9. The molecule has 0 bridgehead atoms. The summed E-state index contributed by atoms with van der Waals surface area (Å²) in [6.07, 6.45) is 1.49. The minimum atomic E-state index is -0.889. The molecule has 1 aromatic rings. The highest BCUT2D eigenvalue weighted by Crippen LogP contribution is 2.58. The van der Waals surface area contributed by atoms with E-state index in [-0.39, 0.29) is 17.5 Å². The first-order valence-electron chi connectivity index (χ1n) is 10.3. The van der Waals surface area contributed by atoms with Gasteiger partial charge in [-0.05, 0) is 24.8 Å². The van der Waals surface area contributed by atoms with E-state index in [0.29, 0.717) is 38.0 Å². The van der Waals surface area contributed by atoms with E-state index in [1.165, 1.54) is 0 Å². The Morgan fingerprint density at radius 3 is 2.53 bits per heavy atom. The number of nitriles is 1. The number of nitrogens with two attached hydrogens (primary N) is 1. The predicted octanol–water partition coefficient (Wildman–Crippen LogP) is 1.57. The third-order valence-electron chi connectivity index (χ3n) is 7.18. The van der Waals surface area contributed by atoms with E-state index in [1.54, 1.807) is 0 Å². The second-order valence-electron chi connectivity index (χ2n) is 8.70. The SMILES string of the molecule is Cc1ccc([C@H]2C(C#N)=C(N)[C@@H]3C(=O)NC(=O)N[C@@]34CCC3(C[C@H]24)OCCO3)cc1. The lowest BCUT2D eigenvalue weighted by atomic mass is 9.53. The molecule has 0 aromatic heterocycles. The molecule has 2 aliphatic carbocycles. The minimum absolute atomic E-state index is 0.237. The number of imide groups is 1. The van der Waals surface area contributed by atoms with Crippen LogP contribution in [0.2, 0.25) is 0 Å². The summed E-state index contributed by atoms with van der Waals surface area (Å²) in [5.74, 6) is -2.66. The van der Waals surface area contributed by atoms with E-state index in [9.17, 15) is 14.9 Å². The molecule has 4 N–H and O–H groups in total. The highest BCUT2D eigenvalue weighted by atomic mass is 16.7. The molecule has 4 aliphatic rings. The van der Waals surface area contributed by atoms with Gasteiger partial charge in [0.1, 0.15) is 5.92 Å². The Bertz CT molecular complexity index is 989. The van der Waals surface area contributed by atoms with E-state index in [1.807, 2.05) is 31.2 Å². The zero-order valence-electron chi connectivity index (χ0n) is 16.7. The summed E-state index contributed by atoms with van der Waals surface area (Å²) in [6.45, 7) is 3.02. The van der Waals surface area contributed by atoms with E-state index >= 15 is 0 Å². The van der Waals surface area contributed by atoms with Gasteiger partial charge in [-0.3, -0.25) is 10.1 Å². The lowest BCUT2D eigenvalue weighted by Crippen LogP contribution is -2.74. The zero-order valence-corrected chi connectivity index (χ0v) is 16.7. The van der Waals surface area contributed by atoms with Gasteiger partial charge in [-0.1, -0.05) is 29.8 Å². The number of hydrogen-bond donors (Lipinski definition) is 3. The number of ether oxygens (including phenoxy) is 2. The molecule has 4 atom stereocenters. The van der Waals surface area contributed by atoms with Crippen LogP contribution in [-0.4, -0.2) is 36.5 Å². The predicted molar refractivity (Wildman–Crippen MR) is 106 cm³/mol. The Kier molecular flexibility index (Phi) is 4.17. The fourth-order valence-corrected chi connectivity index (χ4v) is 5.88. The van der Waals surface area contributed by atoms with Gasteiger partial charge >= 0.3 is 6.03 Å². The molecule has 2 spiro atoms. The van der Waals surface area contributed by atoms with Crippen LogP contribution >= 0.6 is 0 Å². The summed E-state index contributed by atoms with van der Waals surface area (Å²) in [6, 6.07) is 9.70. The zero-order chi connectivity index (χ0) is 21.1. The summed E-state index contributed by atoms with van der Waals surface area (Å²) in [4.78, 5) is 25.3. The van der Waals surface area contributed by atoms with Crippen molar-refractivity contribution in [3.8, 4) is 6.07 Å². The molecule has 3 amide bonds. The topological polar surface area (TPSA) is 126 Å². The number of amides is 3. The van der Waals surface area contributed by atoms with Crippen molar-refractivity contribution >= 4 is 11.9 Å². The number of hydrogen-bond acceptors (Lipinski definition) is 6. The van der Waals surface area contributed by atoms with E-state index in [0.717, 1.165) is 11.1 Å². The molecule has 8 heteroatoms. The van der Waals surface area contributed by atoms with Crippen molar-refractivity contribution in [2.45, 2.75) is 43.4 Å². The molecule has 2 heterocycles. The number of urea groups is 1. The van der Waals surface area contributed by atoms with Crippen molar-refractivity contribution in [1.29, 1.82) is 5.26 Å². The molecule has 0 radical (unpaired) electrons. The molecule has 0 unspecified atom stereocenters. The fraction of sp³-hybridized carbons (Fsp3) is 0.500. The molecule has 156 valence electrons. The Labute approximate surface area is 174 Å².